The smallest absolute Gasteiger partial charge is 0.233 e. The van der Waals surface area contributed by atoms with Crippen molar-refractivity contribution in [1.29, 1.82) is 0 Å². The molecule has 2 aromatic rings. The maximum Gasteiger partial charge on any atom is 0.233 e. The summed E-state index contributed by atoms with van der Waals surface area (Å²) >= 11 is 0. The third-order valence-corrected chi connectivity index (χ3v) is 4.08. The first-order valence-corrected chi connectivity index (χ1v) is 8.77. The van der Waals surface area contributed by atoms with Crippen LogP contribution in [0.15, 0.2) is 48.5 Å². The molecule has 2 amide bonds. The number of amides is 2. The number of nitrogens with one attached hydrogen (secondary N) is 2. The van der Waals surface area contributed by atoms with Gasteiger partial charge in [-0.05, 0) is 47.7 Å². The van der Waals surface area contributed by atoms with E-state index in [9.17, 15) is 9.59 Å². The van der Waals surface area contributed by atoms with Crippen LogP contribution in [0, 0.1) is 0 Å². The van der Waals surface area contributed by atoms with Crippen molar-refractivity contribution in [2.45, 2.75) is 32.6 Å². The monoisotopic (exact) mass is 354 g/mol. The van der Waals surface area contributed by atoms with Crippen molar-refractivity contribution in [3.63, 3.8) is 0 Å². The standard InChI is InChI=1S/C21H26N2O3/c1-15(2)17-6-8-18(9-7-17)23-21(25)14-20(24)22-13-12-16-4-10-19(26-3)11-5-16/h4-11,15H,12-14H2,1-3H3,(H,22,24)(H,23,25). The predicted molar refractivity (Wildman–Crippen MR) is 103 cm³/mol. The van der Waals surface area contributed by atoms with Gasteiger partial charge in [-0.3, -0.25) is 9.59 Å². The molecule has 0 unspecified atom stereocenters. The van der Waals surface area contributed by atoms with Gasteiger partial charge in [0.25, 0.3) is 0 Å². The zero-order chi connectivity index (χ0) is 18.9. The average molecular weight is 354 g/mol. The van der Waals surface area contributed by atoms with Crippen LogP contribution in [0.3, 0.4) is 0 Å². The van der Waals surface area contributed by atoms with Gasteiger partial charge >= 0.3 is 0 Å². The van der Waals surface area contributed by atoms with Crippen molar-refractivity contribution in [3.05, 3.63) is 59.7 Å². The second-order valence-corrected chi connectivity index (χ2v) is 6.45. The molecule has 2 aromatic carbocycles. The molecule has 2 rings (SSSR count). The van der Waals surface area contributed by atoms with Gasteiger partial charge in [-0.1, -0.05) is 38.1 Å². The lowest BCUT2D eigenvalue weighted by atomic mass is 10.0. The summed E-state index contributed by atoms with van der Waals surface area (Å²) in [5.74, 6) is 0.645. The summed E-state index contributed by atoms with van der Waals surface area (Å²) < 4.78 is 5.11. The fourth-order valence-corrected chi connectivity index (χ4v) is 2.50. The second kappa shape index (κ2) is 9.61. The number of carbonyl (C=O) groups excluding carboxylic acids is 2. The van der Waals surface area contributed by atoms with E-state index in [0.717, 1.165) is 11.3 Å². The van der Waals surface area contributed by atoms with E-state index < -0.39 is 0 Å². The largest absolute Gasteiger partial charge is 0.497 e. The van der Waals surface area contributed by atoms with Crippen LogP contribution in [-0.2, 0) is 16.0 Å². The van der Waals surface area contributed by atoms with Gasteiger partial charge in [-0.15, -0.1) is 0 Å². The van der Waals surface area contributed by atoms with Crippen LogP contribution in [0.2, 0.25) is 0 Å². The number of ether oxygens (including phenoxy) is 1. The van der Waals surface area contributed by atoms with Crippen LogP contribution in [0.25, 0.3) is 0 Å². The van der Waals surface area contributed by atoms with Crippen molar-refractivity contribution in [2.24, 2.45) is 0 Å². The van der Waals surface area contributed by atoms with Gasteiger partial charge in [-0.25, -0.2) is 0 Å². The third-order valence-electron chi connectivity index (χ3n) is 4.08. The summed E-state index contributed by atoms with van der Waals surface area (Å²) in [6, 6.07) is 15.4. The maximum absolute atomic E-state index is 12.0. The lowest BCUT2D eigenvalue weighted by Gasteiger charge is -2.09. The van der Waals surface area contributed by atoms with Crippen LogP contribution in [0.1, 0.15) is 37.3 Å². The van der Waals surface area contributed by atoms with Gasteiger partial charge in [-0.2, -0.15) is 0 Å². The summed E-state index contributed by atoms with van der Waals surface area (Å²) in [4.78, 5) is 23.8. The minimum atomic E-state index is -0.316. The van der Waals surface area contributed by atoms with E-state index in [1.807, 2.05) is 48.5 Å². The molecule has 0 bridgehead atoms. The summed E-state index contributed by atoms with van der Waals surface area (Å²) in [6.07, 6.45) is 0.516. The second-order valence-electron chi connectivity index (χ2n) is 6.45. The third kappa shape index (κ3) is 6.24. The highest BCUT2D eigenvalue weighted by molar-refractivity contribution is 6.03. The van der Waals surface area contributed by atoms with E-state index >= 15 is 0 Å². The van der Waals surface area contributed by atoms with E-state index in [-0.39, 0.29) is 18.2 Å². The number of rotatable bonds is 8. The Bertz CT molecular complexity index is 722. The highest BCUT2D eigenvalue weighted by atomic mass is 16.5. The fourth-order valence-electron chi connectivity index (χ4n) is 2.50. The van der Waals surface area contributed by atoms with E-state index in [1.54, 1.807) is 7.11 Å². The van der Waals surface area contributed by atoms with Crippen molar-refractivity contribution in [3.8, 4) is 5.75 Å². The molecule has 0 saturated heterocycles. The Morgan fingerprint density at radius 2 is 1.62 bits per heavy atom. The number of hydrogen-bond acceptors (Lipinski definition) is 3. The number of benzene rings is 2. The Morgan fingerprint density at radius 1 is 0.962 bits per heavy atom. The molecule has 0 spiro atoms. The van der Waals surface area contributed by atoms with Crippen LogP contribution < -0.4 is 15.4 Å². The first kappa shape index (κ1) is 19.5. The Balaban J connectivity index is 1.71. The summed E-state index contributed by atoms with van der Waals surface area (Å²) in [6.45, 7) is 4.72. The fraction of sp³-hybridized carbons (Fsp3) is 0.333. The zero-order valence-electron chi connectivity index (χ0n) is 15.5. The molecule has 0 saturated carbocycles. The number of carbonyl (C=O) groups is 2. The van der Waals surface area contributed by atoms with E-state index in [4.69, 9.17) is 4.74 Å². The first-order chi connectivity index (χ1) is 12.5. The van der Waals surface area contributed by atoms with Crippen LogP contribution in [-0.4, -0.2) is 25.5 Å². The number of hydrogen-bond donors (Lipinski definition) is 2. The van der Waals surface area contributed by atoms with Crippen molar-refractivity contribution < 1.29 is 14.3 Å². The van der Waals surface area contributed by atoms with Gasteiger partial charge < -0.3 is 15.4 Å². The maximum atomic E-state index is 12.0. The zero-order valence-corrected chi connectivity index (χ0v) is 15.5. The van der Waals surface area contributed by atoms with Gasteiger partial charge in [0.1, 0.15) is 12.2 Å². The quantitative estimate of drug-likeness (QED) is 0.713. The molecule has 5 heteroatoms. The molecular weight excluding hydrogens is 328 g/mol. The lowest BCUT2D eigenvalue weighted by molar-refractivity contribution is -0.126. The summed E-state index contributed by atoms with van der Waals surface area (Å²) in [5.41, 5.74) is 3.01. The molecule has 5 nitrogen and oxygen atoms in total. The topological polar surface area (TPSA) is 67.4 Å². The van der Waals surface area contributed by atoms with Crippen LogP contribution >= 0.6 is 0 Å². The molecule has 0 aromatic heterocycles. The van der Waals surface area contributed by atoms with Crippen molar-refractivity contribution in [2.75, 3.05) is 19.0 Å². The summed E-state index contributed by atoms with van der Waals surface area (Å²) in [7, 11) is 1.62. The SMILES string of the molecule is COc1ccc(CCNC(=O)CC(=O)Nc2ccc(C(C)C)cc2)cc1. The highest BCUT2D eigenvalue weighted by Crippen LogP contribution is 2.17. The normalized spacial score (nSPS) is 10.5. The van der Waals surface area contributed by atoms with E-state index in [0.29, 0.717) is 24.6 Å². The lowest BCUT2D eigenvalue weighted by Crippen LogP contribution is -2.29. The van der Waals surface area contributed by atoms with Crippen LogP contribution in [0.5, 0.6) is 5.75 Å². The Labute approximate surface area is 154 Å². The molecule has 138 valence electrons. The Hall–Kier alpha value is -2.82. The first-order valence-electron chi connectivity index (χ1n) is 8.77. The Kier molecular flexibility index (Phi) is 7.21. The molecular formula is C21H26N2O3. The minimum Gasteiger partial charge on any atom is -0.497 e. The Morgan fingerprint density at radius 3 is 2.19 bits per heavy atom. The van der Waals surface area contributed by atoms with Crippen molar-refractivity contribution in [1.82, 2.24) is 5.32 Å². The predicted octanol–water partition coefficient (Wildman–Crippen LogP) is 3.51. The summed E-state index contributed by atoms with van der Waals surface area (Å²) in [5, 5.41) is 5.52. The minimum absolute atomic E-state index is 0.186. The van der Waals surface area contributed by atoms with E-state index in [2.05, 4.69) is 24.5 Å². The molecule has 0 heterocycles. The van der Waals surface area contributed by atoms with Gasteiger partial charge in [0, 0.05) is 12.2 Å². The molecule has 0 aliphatic heterocycles. The van der Waals surface area contributed by atoms with Gasteiger partial charge in [0.15, 0.2) is 0 Å². The molecule has 0 aliphatic carbocycles. The number of methoxy groups -OCH3 is 1. The van der Waals surface area contributed by atoms with Crippen LogP contribution in [0.4, 0.5) is 5.69 Å². The van der Waals surface area contributed by atoms with E-state index in [1.165, 1.54) is 5.56 Å². The molecule has 0 radical (unpaired) electrons. The number of anilines is 1. The van der Waals surface area contributed by atoms with Gasteiger partial charge in [0.05, 0.1) is 7.11 Å². The van der Waals surface area contributed by atoms with Gasteiger partial charge in [0.2, 0.25) is 11.8 Å². The molecule has 0 fully saturated rings. The molecule has 0 aliphatic rings. The average Bonchev–Trinajstić information content (AvgIpc) is 2.62. The molecule has 0 atom stereocenters. The van der Waals surface area contributed by atoms with Crippen molar-refractivity contribution >= 4 is 17.5 Å². The highest BCUT2D eigenvalue weighted by Gasteiger charge is 2.09. The molecule has 2 N–H and O–H groups in total. The molecule has 26 heavy (non-hydrogen) atoms.